The fourth-order valence-corrected chi connectivity index (χ4v) is 2.07. The Hall–Kier alpha value is -2.47. The quantitative estimate of drug-likeness (QED) is 0.737. The zero-order valence-corrected chi connectivity index (χ0v) is 12.0. The lowest BCUT2D eigenvalue weighted by Gasteiger charge is -2.07. The smallest absolute Gasteiger partial charge is 0.354 e. The predicted octanol–water partition coefficient (Wildman–Crippen LogP) is 2.17. The van der Waals surface area contributed by atoms with E-state index in [0.717, 1.165) is 11.4 Å². The van der Waals surface area contributed by atoms with Gasteiger partial charge in [0.25, 0.3) is 0 Å². The number of carbonyl (C=O) groups is 2. The van der Waals surface area contributed by atoms with Crippen LogP contribution < -0.4 is 11.1 Å². The van der Waals surface area contributed by atoms with Gasteiger partial charge in [0, 0.05) is 11.4 Å². The Kier molecular flexibility index (Phi) is 4.49. The summed E-state index contributed by atoms with van der Waals surface area (Å²) >= 11 is 5.96. The molecule has 4 N–H and O–H groups in total. The average molecular weight is 308 g/mol. The van der Waals surface area contributed by atoms with Crippen molar-refractivity contribution in [2.75, 3.05) is 12.4 Å². The number of ether oxygens (including phenoxy) is 1. The number of amides is 1. The Labute approximate surface area is 126 Å². The third-order valence-electron chi connectivity index (χ3n) is 2.87. The van der Waals surface area contributed by atoms with Crippen LogP contribution in [0, 0.1) is 0 Å². The van der Waals surface area contributed by atoms with Crippen molar-refractivity contribution in [3.8, 4) is 0 Å². The second-order valence-corrected chi connectivity index (χ2v) is 4.71. The third kappa shape index (κ3) is 3.55. The molecule has 6 nitrogen and oxygen atoms in total. The highest BCUT2D eigenvalue weighted by atomic mass is 35.5. The van der Waals surface area contributed by atoms with Crippen molar-refractivity contribution in [3.05, 3.63) is 52.3 Å². The molecule has 21 heavy (non-hydrogen) atoms. The van der Waals surface area contributed by atoms with E-state index in [4.69, 9.17) is 17.3 Å². The fraction of sp³-hybridized carbons (Fsp3) is 0.143. The number of aromatic nitrogens is 1. The van der Waals surface area contributed by atoms with E-state index in [1.54, 1.807) is 30.3 Å². The van der Waals surface area contributed by atoms with Crippen LogP contribution in [0.15, 0.2) is 30.3 Å². The zero-order chi connectivity index (χ0) is 15.4. The first kappa shape index (κ1) is 14.9. The van der Waals surface area contributed by atoms with Gasteiger partial charge in [-0.05, 0) is 30.3 Å². The first-order valence-corrected chi connectivity index (χ1v) is 6.48. The molecule has 0 radical (unpaired) electrons. The molecule has 2 aromatic rings. The first-order valence-electron chi connectivity index (χ1n) is 6.10. The Bertz CT molecular complexity index is 682. The maximum absolute atomic E-state index is 11.3. The number of primary amides is 1. The largest absolute Gasteiger partial charge is 0.464 e. The summed E-state index contributed by atoms with van der Waals surface area (Å²) in [5.41, 5.74) is 7.39. The maximum Gasteiger partial charge on any atom is 0.354 e. The molecule has 1 amide bonds. The summed E-state index contributed by atoms with van der Waals surface area (Å²) in [7, 11) is 1.32. The number of carbonyl (C=O) groups excluding carboxylic acids is 2. The van der Waals surface area contributed by atoms with Gasteiger partial charge in [-0.2, -0.15) is 0 Å². The number of rotatable bonds is 5. The van der Waals surface area contributed by atoms with E-state index >= 15 is 0 Å². The molecule has 1 aromatic heterocycles. The number of hydrogen-bond donors (Lipinski definition) is 3. The van der Waals surface area contributed by atoms with Crippen molar-refractivity contribution >= 4 is 29.2 Å². The lowest BCUT2D eigenvalue weighted by Crippen LogP contribution is -2.11. The van der Waals surface area contributed by atoms with Crippen LogP contribution in [0.2, 0.25) is 5.02 Å². The van der Waals surface area contributed by atoms with Crippen LogP contribution in [0.3, 0.4) is 0 Å². The van der Waals surface area contributed by atoms with Gasteiger partial charge in [-0.1, -0.05) is 11.6 Å². The highest BCUT2D eigenvalue weighted by molar-refractivity contribution is 6.34. The predicted molar refractivity (Wildman–Crippen MR) is 79.4 cm³/mol. The van der Waals surface area contributed by atoms with E-state index in [-0.39, 0.29) is 10.6 Å². The van der Waals surface area contributed by atoms with E-state index in [1.807, 2.05) is 0 Å². The summed E-state index contributed by atoms with van der Waals surface area (Å²) in [6, 6.07) is 8.30. The molecule has 0 unspecified atom stereocenters. The van der Waals surface area contributed by atoms with Crippen LogP contribution in [0.5, 0.6) is 0 Å². The number of halogens is 1. The number of aromatic amines is 1. The van der Waals surface area contributed by atoms with Crippen LogP contribution in [-0.4, -0.2) is 24.0 Å². The number of nitrogens with one attached hydrogen (secondary N) is 2. The minimum atomic E-state index is -0.571. The number of H-pyrrole nitrogens is 1. The first-order chi connectivity index (χ1) is 10.0. The van der Waals surface area contributed by atoms with Crippen LogP contribution in [-0.2, 0) is 11.3 Å². The van der Waals surface area contributed by atoms with Crippen LogP contribution in [0.4, 0.5) is 5.69 Å². The monoisotopic (exact) mass is 307 g/mol. The number of anilines is 1. The summed E-state index contributed by atoms with van der Waals surface area (Å²) in [6.07, 6.45) is 0. The van der Waals surface area contributed by atoms with E-state index in [0.29, 0.717) is 12.2 Å². The second-order valence-electron chi connectivity index (χ2n) is 4.30. The molecule has 2 rings (SSSR count). The van der Waals surface area contributed by atoms with Gasteiger partial charge >= 0.3 is 5.97 Å². The minimum Gasteiger partial charge on any atom is -0.464 e. The molecule has 0 fully saturated rings. The molecule has 1 heterocycles. The molecule has 0 bridgehead atoms. The zero-order valence-electron chi connectivity index (χ0n) is 11.3. The van der Waals surface area contributed by atoms with Crippen molar-refractivity contribution in [3.63, 3.8) is 0 Å². The van der Waals surface area contributed by atoms with Crippen molar-refractivity contribution in [1.82, 2.24) is 4.98 Å². The van der Waals surface area contributed by atoms with Crippen LogP contribution >= 0.6 is 11.6 Å². The van der Waals surface area contributed by atoms with Gasteiger partial charge in [-0.25, -0.2) is 4.79 Å². The van der Waals surface area contributed by atoms with Gasteiger partial charge < -0.3 is 20.8 Å². The lowest BCUT2D eigenvalue weighted by atomic mass is 10.2. The standard InChI is InChI=1S/C14H14ClN3O3/c1-21-14(20)12-5-3-9(18-12)7-17-8-2-4-10(13(16)19)11(15)6-8/h2-6,17-18H,7H2,1H3,(H2,16,19). The number of nitrogens with two attached hydrogens (primary N) is 1. The second kappa shape index (κ2) is 6.32. The van der Waals surface area contributed by atoms with E-state index in [9.17, 15) is 9.59 Å². The van der Waals surface area contributed by atoms with Crippen molar-refractivity contribution in [2.45, 2.75) is 6.54 Å². The molecule has 0 aliphatic rings. The van der Waals surface area contributed by atoms with Crippen molar-refractivity contribution in [1.29, 1.82) is 0 Å². The molecular formula is C14H14ClN3O3. The van der Waals surface area contributed by atoms with Gasteiger partial charge in [0.2, 0.25) is 5.91 Å². The average Bonchev–Trinajstić information content (AvgIpc) is 2.92. The third-order valence-corrected chi connectivity index (χ3v) is 3.18. The molecule has 0 saturated carbocycles. The van der Waals surface area contributed by atoms with Gasteiger partial charge in [0.1, 0.15) is 5.69 Å². The molecule has 1 aromatic carbocycles. The van der Waals surface area contributed by atoms with Gasteiger partial charge in [0.15, 0.2) is 0 Å². The minimum absolute atomic E-state index is 0.273. The summed E-state index contributed by atoms with van der Waals surface area (Å²) in [4.78, 5) is 25.3. The van der Waals surface area contributed by atoms with Crippen LogP contribution in [0.25, 0.3) is 0 Å². The summed E-state index contributed by atoms with van der Waals surface area (Å²) in [5.74, 6) is -0.992. The molecule has 0 saturated heterocycles. The summed E-state index contributed by atoms with van der Waals surface area (Å²) in [6.45, 7) is 0.462. The van der Waals surface area contributed by atoms with Gasteiger partial charge in [0.05, 0.1) is 24.2 Å². The Morgan fingerprint density at radius 1 is 1.33 bits per heavy atom. The Balaban J connectivity index is 2.03. The Morgan fingerprint density at radius 2 is 2.10 bits per heavy atom. The number of methoxy groups -OCH3 is 1. The number of esters is 1. The number of hydrogen-bond acceptors (Lipinski definition) is 4. The van der Waals surface area contributed by atoms with E-state index in [2.05, 4.69) is 15.0 Å². The highest BCUT2D eigenvalue weighted by Crippen LogP contribution is 2.21. The van der Waals surface area contributed by atoms with E-state index in [1.165, 1.54) is 7.11 Å². The van der Waals surface area contributed by atoms with Crippen molar-refractivity contribution < 1.29 is 14.3 Å². The maximum atomic E-state index is 11.3. The molecule has 0 spiro atoms. The topological polar surface area (TPSA) is 97.2 Å². The molecule has 7 heteroatoms. The Morgan fingerprint density at radius 3 is 2.71 bits per heavy atom. The summed E-state index contributed by atoms with van der Waals surface area (Å²) < 4.78 is 4.61. The van der Waals surface area contributed by atoms with Crippen LogP contribution in [0.1, 0.15) is 26.5 Å². The highest BCUT2D eigenvalue weighted by Gasteiger charge is 2.09. The molecule has 0 atom stereocenters. The number of benzene rings is 1. The summed E-state index contributed by atoms with van der Waals surface area (Å²) in [5, 5.41) is 3.40. The fourth-order valence-electron chi connectivity index (χ4n) is 1.79. The molecule has 0 aliphatic heterocycles. The van der Waals surface area contributed by atoms with Gasteiger partial charge in [-0.15, -0.1) is 0 Å². The normalized spacial score (nSPS) is 10.2. The van der Waals surface area contributed by atoms with E-state index < -0.39 is 11.9 Å². The van der Waals surface area contributed by atoms with Crippen molar-refractivity contribution in [2.24, 2.45) is 5.73 Å². The SMILES string of the molecule is COC(=O)c1ccc(CNc2ccc(C(N)=O)c(Cl)c2)[nH]1. The van der Waals surface area contributed by atoms with Gasteiger partial charge in [-0.3, -0.25) is 4.79 Å². The lowest BCUT2D eigenvalue weighted by molar-refractivity contribution is 0.0594. The molecular weight excluding hydrogens is 294 g/mol. The molecule has 0 aliphatic carbocycles. The molecule has 110 valence electrons.